The van der Waals surface area contributed by atoms with Gasteiger partial charge in [-0.15, -0.1) is 0 Å². The molecule has 1 aliphatic carbocycles. The number of amides is 1. The molecule has 122 valence electrons. The molecule has 0 N–H and O–H groups in total. The Morgan fingerprint density at radius 1 is 1.30 bits per heavy atom. The summed E-state index contributed by atoms with van der Waals surface area (Å²) in [5.74, 6) is 1.31. The van der Waals surface area contributed by atoms with E-state index in [-0.39, 0.29) is 11.9 Å². The fourth-order valence-corrected chi connectivity index (χ4v) is 3.68. The fourth-order valence-electron chi connectivity index (χ4n) is 3.68. The number of aryl methyl sites for hydroxylation is 2. The Kier molecular flexibility index (Phi) is 3.28. The summed E-state index contributed by atoms with van der Waals surface area (Å²) in [4.78, 5) is 14.8. The highest BCUT2D eigenvalue weighted by molar-refractivity contribution is 5.92. The van der Waals surface area contributed by atoms with Gasteiger partial charge in [0.1, 0.15) is 5.76 Å². The van der Waals surface area contributed by atoms with E-state index >= 15 is 0 Å². The van der Waals surface area contributed by atoms with Crippen LogP contribution in [-0.4, -0.2) is 32.3 Å². The Hall–Kier alpha value is -2.11. The summed E-state index contributed by atoms with van der Waals surface area (Å²) in [5, 5.41) is 8.51. The van der Waals surface area contributed by atoms with E-state index in [1.807, 2.05) is 29.6 Å². The summed E-state index contributed by atoms with van der Waals surface area (Å²) < 4.78 is 7.24. The predicted molar refractivity (Wildman–Crippen MR) is 84.2 cm³/mol. The van der Waals surface area contributed by atoms with Gasteiger partial charge in [0.05, 0.1) is 11.7 Å². The van der Waals surface area contributed by atoms with E-state index in [0.717, 1.165) is 49.4 Å². The van der Waals surface area contributed by atoms with Crippen LogP contribution in [0.2, 0.25) is 0 Å². The molecule has 4 rings (SSSR count). The SMILES string of the molecule is Cc1nn(C)c(C)c1[C@H]1CCCN1C(=O)c1cc(C2CC2)on1. The molecule has 2 fully saturated rings. The standard InChI is InChI=1S/C17H22N4O2/c1-10-16(11(2)20(3)18-10)14-5-4-8-21(14)17(22)13-9-15(23-19-13)12-6-7-12/h9,12,14H,4-8H2,1-3H3/t14-/m1/s1. The van der Waals surface area contributed by atoms with Gasteiger partial charge in [-0.2, -0.15) is 5.10 Å². The van der Waals surface area contributed by atoms with Gasteiger partial charge in [0, 0.05) is 36.8 Å². The molecular weight excluding hydrogens is 292 g/mol. The molecule has 1 saturated carbocycles. The van der Waals surface area contributed by atoms with Crippen LogP contribution < -0.4 is 0 Å². The van der Waals surface area contributed by atoms with Crippen LogP contribution in [0, 0.1) is 13.8 Å². The topological polar surface area (TPSA) is 64.2 Å². The molecule has 2 aliphatic rings. The maximum atomic E-state index is 12.9. The van der Waals surface area contributed by atoms with Crippen molar-refractivity contribution in [3.63, 3.8) is 0 Å². The zero-order valence-electron chi connectivity index (χ0n) is 13.9. The molecule has 0 aromatic carbocycles. The van der Waals surface area contributed by atoms with E-state index in [0.29, 0.717) is 11.6 Å². The van der Waals surface area contributed by atoms with Crippen molar-refractivity contribution in [2.45, 2.75) is 51.5 Å². The van der Waals surface area contributed by atoms with E-state index in [1.54, 1.807) is 0 Å². The Morgan fingerprint density at radius 2 is 2.09 bits per heavy atom. The summed E-state index contributed by atoms with van der Waals surface area (Å²) >= 11 is 0. The normalized spacial score (nSPS) is 21.2. The lowest BCUT2D eigenvalue weighted by atomic mass is 10.0. The maximum Gasteiger partial charge on any atom is 0.276 e. The molecule has 23 heavy (non-hydrogen) atoms. The largest absolute Gasteiger partial charge is 0.360 e. The zero-order chi connectivity index (χ0) is 16.1. The first-order valence-electron chi connectivity index (χ1n) is 8.34. The van der Waals surface area contributed by atoms with Gasteiger partial charge in [-0.3, -0.25) is 9.48 Å². The Labute approximate surface area is 135 Å². The fraction of sp³-hybridized carbons (Fsp3) is 0.588. The lowest BCUT2D eigenvalue weighted by Gasteiger charge is -2.24. The minimum Gasteiger partial charge on any atom is -0.360 e. The van der Waals surface area contributed by atoms with Crippen molar-refractivity contribution in [3.05, 3.63) is 34.5 Å². The van der Waals surface area contributed by atoms with Crippen LogP contribution in [0.15, 0.2) is 10.6 Å². The highest BCUT2D eigenvalue weighted by atomic mass is 16.5. The molecule has 3 heterocycles. The number of nitrogens with zero attached hydrogens (tertiary/aromatic N) is 4. The summed E-state index contributed by atoms with van der Waals surface area (Å²) in [6, 6.07) is 1.93. The van der Waals surface area contributed by atoms with Crippen LogP contribution in [0.1, 0.15) is 70.8 Å². The molecule has 1 atom stereocenters. The number of rotatable bonds is 3. The van der Waals surface area contributed by atoms with Gasteiger partial charge in [0.25, 0.3) is 5.91 Å². The average Bonchev–Trinajstić information content (AvgIpc) is 2.96. The van der Waals surface area contributed by atoms with Gasteiger partial charge in [-0.1, -0.05) is 5.16 Å². The van der Waals surface area contributed by atoms with Gasteiger partial charge < -0.3 is 9.42 Å². The van der Waals surface area contributed by atoms with Crippen molar-refractivity contribution in [2.75, 3.05) is 6.54 Å². The highest BCUT2D eigenvalue weighted by Crippen LogP contribution is 2.41. The zero-order valence-corrected chi connectivity index (χ0v) is 13.9. The lowest BCUT2D eigenvalue weighted by molar-refractivity contribution is 0.0724. The first kappa shape index (κ1) is 14.5. The number of aromatic nitrogens is 3. The van der Waals surface area contributed by atoms with Crippen molar-refractivity contribution in [3.8, 4) is 0 Å². The highest BCUT2D eigenvalue weighted by Gasteiger charge is 2.36. The molecule has 0 radical (unpaired) electrons. The third kappa shape index (κ3) is 2.36. The lowest BCUT2D eigenvalue weighted by Crippen LogP contribution is -2.31. The smallest absolute Gasteiger partial charge is 0.276 e. The number of carbonyl (C=O) groups is 1. The molecule has 0 unspecified atom stereocenters. The molecule has 6 heteroatoms. The molecule has 0 bridgehead atoms. The van der Waals surface area contributed by atoms with Gasteiger partial charge in [-0.25, -0.2) is 0 Å². The van der Waals surface area contributed by atoms with Crippen LogP contribution in [0.5, 0.6) is 0 Å². The van der Waals surface area contributed by atoms with Gasteiger partial charge in [-0.05, 0) is 39.5 Å². The van der Waals surface area contributed by atoms with E-state index < -0.39 is 0 Å². The molecule has 6 nitrogen and oxygen atoms in total. The van der Waals surface area contributed by atoms with Gasteiger partial charge in [0.15, 0.2) is 5.69 Å². The van der Waals surface area contributed by atoms with Gasteiger partial charge >= 0.3 is 0 Å². The van der Waals surface area contributed by atoms with Crippen molar-refractivity contribution >= 4 is 5.91 Å². The van der Waals surface area contributed by atoms with E-state index in [1.165, 1.54) is 5.56 Å². The van der Waals surface area contributed by atoms with Crippen molar-refractivity contribution in [1.29, 1.82) is 0 Å². The minimum absolute atomic E-state index is 0.0224. The number of hydrogen-bond donors (Lipinski definition) is 0. The van der Waals surface area contributed by atoms with Crippen molar-refractivity contribution in [2.24, 2.45) is 7.05 Å². The van der Waals surface area contributed by atoms with Crippen LogP contribution in [0.25, 0.3) is 0 Å². The van der Waals surface area contributed by atoms with Crippen molar-refractivity contribution < 1.29 is 9.32 Å². The third-order valence-corrected chi connectivity index (χ3v) is 5.14. The molecule has 1 aliphatic heterocycles. The first-order chi connectivity index (χ1) is 11.1. The second-order valence-corrected chi connectivity index (χ2v) is 6.75. The van der Waals surface area contributed by atoms with Crippen molar-refractivity contribution in [1.82, 2.24) is 19.8 Å². The summed E-state index contributed by atoms with van der Waals surface area (Å²) in [7, 11) is 1.95. The monoisotopic (exact) mass is 314 g/mol. The number of carbonyl (C=O) groups excluding carboxylic acids is 1. The first-order valence-corrected chi connectivity index (χ1v) is 8.34. The molecular formula is C17H22N4O2. The van der Waals surface area contributed by atoms with Crippen LogP contribution >= 0.6 is 0 Å². The van der Waals surface area contributed by atoms with Crippen LogP contribution in [0.3, 0.4) is 0 Å². The van der Waals surface area contributed by atoms with Gasteiger partial charge in [0.2, 0.25) is 0 Å². The predicted octanol–water partition coefficient (Wildman–Crippen LogP) is 2.88. The van der Waals surface area contributed by atoms with E-state index in [9.17, 15) is 4.79 Å². The maximum absolute atomic E-state index is 12.9. The van der Waals surface area contributed by atoms with E-state index in [2.05, 4.69) is 17.2 Å². The van der Waals surface area contributed by atoms with Crippen LogP contribution in [-0.2, 0) is 7.05 Å². The quantitative estimate of drug-likeness (QED) is 0.874. The Morgan fingerprint density at radius 3 is 2.74 bits per heavy atom. The second kappa shape index (κ2) is 5.22. The number of hydrogen-bond acceptors (Lipinski definition) is 4. The number of likely N-dealkylation sites (tertiary alicyclic amines) is 1. The molecule has 0 spiro atoms. The summed E-state index contributed by atoms with van der Waals surface area (Å²) in [6.45, 7) is 4.85. The average molecular weight is 314 g/mol. The second-order valence-electron chi connectivity index (χ2n) is 6.75. The molecule has 1 amide bonds. The summed E-state index contributed by atoms with van der Waals surface area (Å²) in [6.07, 6.45) is 4.27. The van der Waals surface area contributed by atoms with E-state index in [4.69, 9.17) is 4.52 Å². The third-order valence-electron chi connectivity index (χ3n) is 5.14. The Bertz CT molecular complexity index is 757. The molecule has 2 aromatic rings. The summed E-state index contributed by atoms with van der Waals surface area (Å²) in [5.41, 5.74) is 3.77. The molecule has 2 aromatic heterocycles. The molecule has 1 saturated heterocycles. The van der Waals surface area contributed by atoms with Crippen LogP contribution in [0.4, 0.5) is 0 Å². The minimum atomic E-state index is -0.0224. The Balaban J connectivity index is 1.62.